The number of pyridine rings is 2. The molecule has 11 nitrogen and oxygen atoms in total. The van der Waals surface area contributed by atoms with Crippen LogP contribution in [0.1, 0.15) is 40.2 Å². The number of urea groups is 1. The molecule has 1 fully saturated rings. The molecule has 3 amide bonds. The molecule has 3 aromatic rings. The van der Waals surface area contributed by atoms with Gasteiger partial charge in [0.05, 0.1) is 17.4 Å². The first-order valence-corrected chi connectivity index (χ1v) is 12.2. The molecule has 0 bridgehead atoms. The molecule has 2 aliphatic heterocycles. The summed E-state index contributed by atoms with van der Waals surface area (Å²) in [6.07, 6.45) is 4.68. The van der Waals surface area contributed by atoms with Crippen LogP contribution in [-0.2, 0) is 11.2 Å². The van der Waals surface area contributed by atoms with Crippen LogP contribution >= 0.6 is 0 Å². The summed E-state index contributed by atoms with van der Waals surface area (Å²) in [6.45, 7) is 11.8. The van der Waals surface area contributed by atoms with Crippen LogP contribution in [0.3, 0.4) is 0 Å². The molecule has 12 heteroatoms. The molecule has 5 heterocycles. The van der Waals surface area contributed by atoms with Gasteiger partial charge in [-0.05, 0) is 47.1 Å². The average molecular weight is 511 g/mol. The fourth-order valence-corrected chi connectivity index (χ4v) is 4.89. The van der Waals surface area contributed by atoms with Gasteiger partial charge in [0.2, 0.25) is 0 Å². The number of fused-ring (bicyclic) bond motifs is 2. The van der Waals surface area contributed by atoms with E-state index in [0.29, 0.717) is 44.1 Å². The predicted molar refractivity (Wildman–Crippen MR) is 136 cm³/mol. The third-order valence-corrected chi connectivity index (χ3v) is 6.56. The Balaban J connectivity index is 1.33. The average Bonchev–Trinajstić information content (AvgIpc) is 3.43. The third kappa shape index (κ3) is 4.75. The van der Waals surface area contributed by atoms with E-state index in [9.17, 15) is 14.0 Å². The van der Waals surface area contributed by atoms with E-state index >= 15 is 0 Å². The van der Waals surface area contributed by atoms with Gasteiger partial charge >= 0.3 is 12.1 Å². The van der Waals surface area contributed by atoms with Gasteiger partial charge in [0.15, 0.2) is 11.5 Å². The molecular weight excluding hydrogens is 479 g/mol. The number of carbonyl (C=O) groups is 2. The molecule has 0 atom stereocenters. The van der Waals surface area contributed by atoms with Gasteiger partial charge < -0.3 is 15.0 Å². The number of aromatic nitrogens is 4. The summed E-state index contributed by atoms with van der Waals surface area (Å²) >= 11 is 0. The maximum atomic E-state index is 14.5. The largest absolute Gasteiger partial charge is 0.444 e. The number of hydrogen-bond donors (Lipinski definition) is 1. The number of halogens is 1. The molecule has 2 aliphatic rings. The zero-order valence-corrected chi connectivity index (χ0v) is 21.7. The van der Waals surface area contributed by atoms with Crippen LogP contribution in [0.15, 0.2) is 30.9 Å². The van der Waals surface area contributed by atoms with E-state index in [1.54, 1.807) is 11.1 Å². The van der Waals surface area contributed by atoms with Crippen molar-refractivity contribution in [1.82, 2.24) is 24.5 Å². The highest BCUT2D eigenvalue weighted by Crippen LogP contribution is 2.36. The summed E-state index contributed by atoms with van der Waals surface area (Å²) in [5.41, 5.74) is 1.25. The molecule has 3 aromatic heterocycles. The van der Waals surface area contributed by atoms with Crippen LogP contribution in [-0.4, -0.2) is 73.9 Å². The number of piperazine rings is 1. The molecule has 0 unspecified atom stereocenters. The highest BCUT2D eigenvalue weighted by Gasteiger charge is 2.40. The number of hydrogen-bond acceptors (Lipinski definition) is 7. The monoisotopic (exact) mass is 510 g/mol. The number of carbonyl (C=O) groups excluding carboxylic acids is 2. The van der Waals surface area contributed by atoms with Crippen LogP contribution in [0.2, 0.25) is 0 Å². The van der Waals surface area contributed by atoms with E-state index in [2.05, 4.69) is 25.3 Å². The summed E-state index contributed by atoms with van der Waals surface area (Å²) < 4.78 is 21.5. The third-order valence-electron chi connectivity index (χ3n) is 6.56. The quantitative estimate of drug-likeness (QED) is 0.560. The second-order valence-corrected chi connectivity index (χ2v) is 10.9. The second-order valence-electron chi connectivity index (χ2n) is 10.9. The Morgan fingerprint density at radius 3 is 2.68 bits per heavy atom. The first kappa shape index (κ1) is 24.7. The van der Waals surface area contributed by atoms with Gasteiger partial charge in [-0.15, -0.1) is 0 Å². The minimum atomic E-state index is -0.597. The predicted octanol–water partition coefficient (Wildman–Crippen LogP) is 3.69. The van der Waals surface area contributed by atoms with E-state index < -0.39 is 23.0 Å². The number of rotatable bonds is 2. The first-order chi connectivity index (χ1) is 17.4. The fraction of sp³-hybridized carbons (Fsp3) is 0.480. The highest BCUT2D eigenvalue weighted by atomic mass is 19.1. The van der Waals surface area contributed by atoms with Gasteiger partial charge in [0.1, 0.15) is 17.7 Å². The van der Waals surface area contributed by atoms with Crippen molar-refractivity contribution >= 4 is 35.0 Å². The molecule has 5 rings (SSSR count). The van der Waals surface area contributed by atoms with Crippen molar-refractivity contribution in [1.29, 1.82) is 0 Å². The lowest BCUT2D eigenvalue weighted by molar-refractivity contribution is 0.000363. The van der Waals surface area contributed by atoms with Crippen molar-refractivity contribution in [2.24, 2.45) is 0 Å². The lowest BCUT2D eigenvalue weighted by atomic mass is 9.98. The number of amides is 3. The van der Waals surface area contributed by atoms with E-state index in [1.165, 1.54) is 28.0 Å². The molecular formula is C25H31FN8O3. The molecule has 0 aromatic carbocycles. The highest BCUT2D eigenvalue weighted by molar-refractivity contribution is 6.03. The Labute approximate surface area is 214 Å². The topological polar surface area (TPSA) is 108 Å². The Bertz CT molecular complexity index is 1370. The summed E-state index contributed by atoms with van der Waals surface area (Å²) in [5, 5.41) is 6.63. The van der Waals surface area contributed by atoms with E-state index in [0.717, 1.165) is 11.3 Å². The molecule has 0 aliphatic carbocycles. The van der Waals surface area contributed by atoms with E-state index in [1.807, 2.05) is 40.7 Å². The minimum Gasteiger partial charge on any atom is -0.444 e. The molecule has 0 spiro atoms. The van der Waals surface area contributed by atoms with Crippen LogP contribution in [0.5, 0.6) is 0 Å². The maximum absolute atomic E-state index is 14.5. The van der Waals surface area contributed by atoms with Gasteiger partial charge in [-0.2, -0.15) is 5.10 Å². The standard InChI is InChI=1S/C25H31FN8O3/c1-24(2,3)37-23(36)33-11-10-31(14-25(33,4)5)19-6-8-27-21-16(19)7-9-32(21)22(35)30-18-13-34-20(12-17(18)26)28-15-29-34/h6,8,12-13,15H,7,9-11,14H2,1-5H3,(H,30,35). The molecule has 0 saturated carbocycles. The summed E-state index contributed by atoms with van der Waals surface area (Å²) in [4.78, 5) is 39.9. The summed E-state index contributed by atoms with van der Waals surface area (Å²) in [6, 6.07) is 2.68. The van der Waals surface area contributed by atoms with Crippen molar-refractivity contribution in [2.75, 3.05) is 41.3 Å². The zero-order chi connectivity index (χ0) is 26.5. The Morgan fingerprint density at radius 2 is 1.95 bits per heavy atom. The molecule has 0 radical (unpaired) electrons. The number of ether oxygens (including phenoxy) is 1. The van der Waals surface area contributed by atoms with E-state index in [-0.39, 0.29) is 11.8 Å². The minimum absolute atomic E-state index is 0.00705. The van der Waals surface area contributed by atoms with Crippen LogP contribution in [0.4, 0.5) is 31.2 Å². The smallest absolute Gasteiger partial charge is 0.410 e. The normalized spacial score (nSPS) is 17.2. The Hall–Kier alpha value is -3.96. The Kier molecular flexibility index (Phi) is 5.92. The molecule has 1 N–H and O–H groups in total. The van der Waals surface area contributed by atoms with Crippen molar-refractivity contribution in [2.45, 2.75) is 52.2 Å². The van der Waals surface area contributed by atoms with Crippen LogP contribution < -0.4 is 15.1 Å². The summed E-state index contributed by atoms with van der Waals surface area (Å²) in [7, 11) is 0. The van der Waals surface area contributed by atoms with Crippen molar-refractivity contribution < 1.29 is 18.7 Å². The zero-order valence-electron chi connectivity index (χ0n) is 21.7. The van der Waals surface area contributed by atoms with Crippen molar-refractivity contribution in [3.05, 3.63) is 42.2 Å². The van der Waals surface area contributed by atoms with Crippen molar-refractivity contribution in [3.8, 4) is 0 Å². The fourth-order valence-electron chi connectivity index (χ4n) is 4.89. The number of nitrogens with zero attached hydrogens (tertiary/aromatic N) is 7. The lowest BCUT2D eigenvalue weighted by Crippen LogP contribution is -2.62. The molecule has 196 valence electrons. The summed E-state index contributed by atoms with van der Waals surface area (Å²) in [5.74, 6) is -0.0512. The lowest BCUT2D eigenvalue weighted by Gasteiger charge is -2.48. The first-order valence-electron chi connectivity index (χ1n) is 12.2. The Morgan fingerprint density at radius 1 is 1.16 bits per heavy atom. The second kappa shape index (κ2) is 8.86. The van der Waals surface area contributed by atoms with E-state index in [4.69, 9.17) is 4.74 Å². The SMILES string of the molecule is CC(C)(C)OC(=O)N1CCN(c2ccnc3c2CCN3C(=O)Nc2cn3ncnc3cc2F)CC1(C)C. The molecule has 37 heavy (non-hydrogen) atoms. The van der Waals surface area contributed by atoms with Gasteiger partial charge in [-0.3, -0.25) is 9.80 Å². The van der Waals surface area contributed by atoms with Gasteiger partial charge in [0.25, 0.3) is 0 Å². The van der Waals surface area contributed by atoms with Gasteiger partial charge in [0, 0.05) is 49.7 Å². The van der Waals surface area contributed by atoms with Crippen LogP contribution in [0.25, 0.3) is 5.65 Å². The maximum Gasteiger partial charge on any atom is 0.410 e. The van der Waals surface area contributed by atoms with Gasteiger partial charge in [-0.25, -0.2) is 28.5 Å². The van der Waals surface area contributed by atoms with Crippen molar-refractivity contribution in [3.63, 3.8) is 0 Å². The van der Waals surface area contributed by atoms with Gasteiger partial charge in [-0.1, -0.05) is 0 Å². The number of anilines is 3. The van der Waals surface area contributed by atoms with Crippen LogP contribution in [0, 0.1) is 5.82 Å². The molecule has 1 saturated heterocycles. The number of nitrogens with one attached hydrogen (secondary N) is 1.